The predicted octanol–water partition coefficient (Wildman–Crippen LogP) is 4.15. The number of pyridine rings is 1. The summed E-state index contributed by atoms with van der Waals surface area (Å²) in [5.41, 5.74) is 4.62. The third-order valence-corrected chi connectivity index (χ3v) is 5.83. The minimum Gasteiger partial charge on any atom is -0.380 e. The average Bonchev–Trinajstić information content (AvgIpc) is 3.60. The number of H-pyrrole nitrogens is 1. The highest BCUT2D eigenvalue weighted by Crippen LogP contribution is 2.39. The minimum absolute atomic E-state index is 0.0505. The molecule has 0 bridgehead atoms. The molecule has 1 fully saturated rings. The number of carbonyl (C=O) groups is 2. The van der Waals surface area contributed by atoms with Gasteiger partial charge in [0.2, 0.25) is 11.8 Å². The van der Waals surface area contributed by atoms with Gasteiger partial charge in [-0.15, -0.1) is 0 Å². The summed E-state index contributed by atoms with van der Waals surface area (Å²) in [6.45, 7) is 2.42. The molecule has 4 rings (SSSR count). The highest BCUT2D eigenvalue weighted by Gasteiger charge is 2.26. The van der Waals surface area contributed by atoms with Crippen molar-refractivity contribution in [3.63, 3.8) is 0 Å². The Morgan fingerprint density at radius 1 is 1.21 bits per heavy atom. The maximum Gasteiger partial charge on any atom is 0.245 e. The first-order valence-electron chi connectivity index (χ1n) is 11.4. The SMILES string of the molecule is CC(C(=O)Nc1cc(C2CC2)[nH]n1)c1cccc(-c2ccc(NC/C=C/C(=O)N(C)C)cn2)c1. The monoisotopic (exact) mass is 458 g/mol. The molecule has 8 nitrogen and oxygen atoms in total. The second-order valence-electron chi connectivity index (χ2n) is 8.77. The minimum atomic E-state index is -0.335. The van der Waals surface area contributed by atoms with Crippen LogP contribution in [0.3, 0.4) is 0 Å². The van der Waals surface area contributed by atoms with Crippen molar-refractivity contribution in [2.24, 2.45) is 0 Å². The summed E-state index contributed by atoms with van der Waals surface area (Å²) in [6.07, 6.45) is 7.43. The number of aromatic nitrogens is 3. The number of nitrogens with zero attached hydrogens (tertiary/aromatic N) is 3. The van der Waals surface area contributed by atoms with Crippen molar-refractivity contribution in [3.05, 3.63) is 72.1 Å². The van der Waals surface area contributed by atoms with Crippen LogP contribution in [-0.2, 0) is 9.59 Å². The van der Waals surface area contributed by atoms with E-state index >= 15 is 0 Å². The van der Waals surface area contributed by atoms with Gasteiger partial charge in [-0.05, 0) is 43.5 Å². The number of nitrogens with one attached hydrogen (secondary N) is 3. The fraction of sp³-hybridized carbons (Fsp3) is 0.308. The Morgan fingerprint density at radius 3 is 2.74 bits per heavy atom. The van der Waals surface area contributed by atoms with Crippen LogP contribution in [0.4, 0.5) is 11.5 Å². The van der Waals surface area contributed by atoms with E-state index in [-0.39, 0.29) is 17.7 Å². The van der Waals surface area contributed by atoms with Crippen molar-refractivity contribution in [1.29, 1.82) is 0 Å². The number of benzene rings is 1. The van der Waals surface area contributed by atoms with Crippen molar-refractivity contribution in [2.75, 3.05) is 31.3 Å². The number of amides is 2. The summed E-state index contributed by atoms with van der Waals surface area (Å²) in [6, 6.07) is 13.7. The number of hydrogen-bond donors (Lipinski definition) is 3. The van der Waals surface area contributed by atoms with E-state index in [2.05, 4.69) is 25.8 Å². The maximum absolute atomic E-state index is 12.8. The molecule has 2 amide bonds. The topological polar surface area (TPSA) is 103 Å². The first kappa shape index (κ1) is 23.2. The molecule has 0 spiro atoms. The molecule has 1 unspecified atom stereocenters. The van der Waals surface area contributed by atoms with Crippen LogP contribution < -0.4 is 10.6 Å². The van der Waals surface area contributed by atoms with Crippen LogP contribution in [0.25, 0.3) is 11.3 Å². The normalized spacial score (nSPS) is 14.1. The standard InChI is InChI=1S/C26H30N6O2/c1-17(26(34)29-24-15-23(30-31-24)18-9-10-18)19-6-4-7-20(14-19)22-12-11-21(16-28-22)27-13-5-8-25(33)32(2)3/h4-8,11-12,14-18,27H,9-10,13H2,1-3H3,(H2,29,30,31,34)/b8-5+. The molecule has 34 heavy (non-hydrogen) atoms. The van der Waals surface area contributed by atoms with Crippen LogP contribution in [0.1, 0.15) is 42.9 Å². The van der Waals surface area contributed by atoms with Crippen LogP contribution in [0.15, 0.2) is 60.8 Å². The first-order valence-corrected chi connectivity index (χ1v) is 11.4. The average molecular weight is 459 g/mol. The van der Waals surface area contributed by atoms with Gasteiger partial charge in [0.05, 0.1) is 23.5 Å². The third kappa shape index (κ3) is 5.89. The van der Waals surface area contributed by atoms with Crippen molar-refractivity contribution < 1.29 is 9.59 Å². The Balaban J connectivity index is 1.36. The van der Waals surface area contributed by atoms with Gasteiger partial charge in [0, 0.05) is 50.0 Å². The lowest BCUT2D eigenvalue weighted by Gasteiger charge is -2.13. The van der Waals surface area contributed by atoms with Gasteiger partial charge in [-0.2, -0.15) is 5.10 Å². The van der Waals surface area contributed by atoms with E-state index in [0.29, 0.717) is 18.3 Å². The molecule has 0 saturated heterocycles. The van der Waals surface area contributed by atoms with E-state index in [1.54, 1.807) is 26.4 Å². The van der Waals surface area contributed by atoms with Crippen molar-refractivity contribution in [3.8, 4) is 11.3 Å². The second-order valence-corrected chi connectivity index (χ2v) is 8.77. The number of carbonyl (C=O) groups excluding carboxylic acids is 2. The zero-order chi connectivity index (χ0) is 24.1. The van der Waals surface area contributed by atoms with Gasteiger partial charge >= 0.3 is 0 Å². The van der Waals surface area contributed by atoms with Crippen LogP contribution in [0, 0.1) is 0 Å². The summed E-state index contributed by atoms with van der Waals surface area (Å²) >= 11 is 0. The highest BCUT2D eigenvalue weighted by molar-refractivity contribution is 5.95. The molecule has 1 aliphatic carbocycles. The molecule has 1 atom stereocenters. The highest BCUT2D eigenvalue weighted by atomic mass is 16.2. The molecule has 1 saturated carbocycles. The van der Waals surface area contributed by atoms with E-state index < -0.39 is 0 Å². The van der Waals surface area contributed by atoms with Crippen LogP contribution >= 0.6 is 0 Å². The van der Waals surface area contributed by atoms with Crippen LogP contribution in [-0.4, -0.2) is 52.5 Å². The predicted molar refractivity (Wildman–Crippen MR) is 134 cm³/mol. The smallest absolute Gasteiger partial charge is 0.245 e. The first-order chi connectivity index (χ1) is 16.4. The van der Waals surface area contributed by atoms with Gasteiger partial charge in [0.15, 0.2) is 5.82 Å². The zero-order valence-corrected chi connectivity index (χ0v) is 19.7. The molecule has 2 aromatic heterocycles. The number of likely N-dealkylation sites (N-methyl/N-ethyl adjacent to an activating group) is 1. The number of hydrogen-bond acceptors (Lipinski definition) is 5. The van der Waals surface area contributed by atoms with Crippen LogP contribution in [0.5, 0.6) is 0 Å². The van der Waals surface area contributed by atoms with E-state index in [1.165, 1.54) is 23.8 Å². The summed E-state index contributed by atoms with van der Waals surface area (Å²) in [7, 11) is 3.43. The Hall–Kier alpha value is -3.94. The quantitative estimate of drug-likeness (QED) is 0.418. The van der Waals surface area contributed by atoms with Crippen molar-refractivity contribution in [1.82, 2.24) is 20.1 Å². The number of anilines is 2. The molecule has 176 valence electrons. The molecule has 3 N–H and O–H groups in total. The third-order valence-electron chi connectivity index (χ3n) is 5.83. The zero-order valence-electron chi connectivity index (χ0n) is 19.7. The van der Waals surface area contributed by atoms with Gasteiger partial charge in [-0.25, -0.2) is 0 Å². The summed E-state index contributed by atoms with van der Waals surface area (Å²) in [4.78, 5) is 30.4. The summed E-state index contributed by atoms with van der Waals surface area (Å²) < 4.78 is 0. The lowest BCUT2D eigenvalue weighted by Crippen LogP contribution is -2.19. The molecule has 0 radical (unpaired) electrons. The molecular weight excluding hydrogens is 428 g/mol. The fourth-order valence-corrected chi connectivity index (χ4v) is 3.51. The second kappa shape index (κ2) is 10.3. The van der Waals surface area contributed by atoms with E-state index in [9.17, 15) is 9.59 Å². The number of aromatic amines is 1. The van der Waals surface area contributed by atoms with Crippen molar-refractivity contribution >= 4 is 23.3 Å². The fourth-order valence-electron chi connectivity index (χ4n) is 3.51. The van der Waals surface area contributed by atoms with E-state index in [0.717, 1.165) is 28.2 Å². The molecule has 3 aromatic rings. The Kier molecular flexibility index (Phi) is 7.06. The van der Waals surface area contributed by atoms with E-state index in [1.807, 2.05) is 49.4 Å². The Bertz CT molecular complexity index is 1180. The molecule has 1 aromatic carbocycles. The van der Waals surface area contributed by atoms with Gasteiger partial charge < -0.3 is 15.5 Å². The maximum atomic E-state index is 12.8. The molecular formula is C26H30N6O2. The molecule has 0 aliphatic heterocycles. The molecule has 1 aliphatic rings. The Labute approximate surface area is 199 Å². The number of rotatable bonds is 9. The van der Waals surface area contributed by atoms with Gasteiger partial charge in [-0.3, -0.25) is 19.7 Å². The largest absolute Gasteiger partial charge is 0.380 e. The molecule has 2 heterocycles. The summed E-state index contributed by atoms with van der Waals surface area (Å²) in [5, 5.41) is 13.4. The van der Waals surface area contributed by atoms with Gasteiger partial charge in [0.25, 0.3) is 0 Å². The molecule has 8 heteroatoms. The Morgan fingerprint density at radius 2 is 2.03 bits per heavy atom. The lowest BCUT2D eigenvalue weighted by atomic mass is 9.97. The lowest BCUT2D eigenvalue weighted by molar-refractivity contribution is -0.123. The van der Waals surface area contributed by atoms with Gasteiger partial charge in [0.1, 0.15) is 0 Å². The summed E-state index contributed by atoms with van der Waals surface area (Å²) in [5.74, 6) is 0.647. The van der Waals surface area contributed by atoms with E-state index in [4.69, 9.17) is 0 Å². The van der Waals surface area contributed by atoms with Gasteiger partial charge in [-0.1, -0.05) is 24.3 Å². The van der Waals surface area contributed by atoms with Crippen LogP contribution in [0.2, 0.25) is 0 Å². The van der Waals surface area contributed by atoms with Crippen molar-refractivity contribution in [2.45, 2.75) is 31.6 Å².